The summed E-state index contributed by atoms with van der Waals surface area (Å²) in [5, 5.41) is 8.80. The SMILES string of the molecule is COc1ccc(N)c(N)c1CCO. The highest BCUT2D eigenvalue weighted by Gasteiger charge is 2.08. The van der Waals surface area contributed by atoms with E-state index in [0.29, 0.717) is 23.5 Å². The van der Waals surface area contributed by atoms with Crippen LogP contribution in [0.3, 0.4) is 0 Å². The summed E-state index contributed by atoms with van der Waals surface area (Å²) < 4.78 is 5.09. The van der Waals surface area contributed by atoms with Crippen molar-refractivity contribution in [3.05, 3.63) is 17.7 Å². The molecule has 0 aliphatic carbocycles. The van der Waals surface area contributed by atoms with Gasteiger partial charge in [-0.05, 0) is 12.1 Å². The van der Waals surface area contributed by atoms with E-state index in [1.165, 1.54) is 0 Å². The molecule has 1 aromatic carbocycles. The molecule has 0 spiro atoms. The van der Waals surface area contributed by atoms with Crippen LogP contribution in [0.15, 0.2) is 12.1 Å². The number of rotatable bonds is 3. The molecule has 0 heterocycles. The maximum atomic E-state index is 8.80. The van der Waals surface area contributed by atoms with Crippen molar-refractivity contribution in [3.63, 3.8) is 0 Å². The number of anilines is 2. The van der Waals surface area contributed by atoms with Gasteiger partial charge in [0.15, 0.2) is 0 Å². The standard InChI is InChI=1S/C9H14N2O2/c1-13-8-3-2-7(10)9(11)6(8)4-5-12/h2-3,12H,4-5,10-11H2,1H3. The van der Waals surface area contributed by atoms with E-state index in [1.807, 2.05) is 0 Å². The van der Waals surface area contributed by atoms with Gasteiger partial charge in [0, 0.05) is 18.6 Å². The molecule has 0 atom stereocenters. The van der Waals surface area contributed by atoms with E-state index in [1.54, 1.807) is 19.2 Å². The molecule has 0 aromatic heterocycles. The monoisotopic (exact) mass is 182 g/mol. The van der Waals surface area contributed by atoms with Crippen molar-refractivity contribution in [2.24, 2.45) is 0 Å². The Kier molecular flexibility index (Phi) is 2.97. The molecule has 0 bridgehead atoms. The van der Waals surface area contributed by atoms with Crippen LogP contribution in [0.4, 0.5) is 11.4 Å². The largest absolute Gasteiger partial charge is 0.496 e. The van der Waals surface area contributed by atoms with Crippen molar-refractivity contribution >= 4 is 11.4 Å². The van der Waals surface area contributed by atoms with Crippen LogP contribution in [-0.4, -0.2) is 18.8 Å². The summed E-state index contributed by atoms with van der Waals surface area (Å²) in [6.45, 7) is 0.0318. The van der Waals surface area contributed by atoms with Crippen LogP contribution < -0.4 is 16.2 Å². The van der Waals surface area contributed by atoms with Crippen molar-refractivity contribution in [2.75, 3.05) is 25.2 Å². The molecule has 1 rings (SSSR count). The number of benzene rings is 1. The Morgan fingerprint density at radius 1 is 1.38 bits per heavy atom. The van der Waals surface area contributed by atoms with Gasteiger partial charge in [-0.1, -0.05) is 0 Å². The molecule has 0 saturated heterocycles. The van der Waals surface area contributed by atoms with Gasteiger partial charge < -0.3 is 21.3 Å². The van der Waals surface area contributed by atoms with Crippen molar-refractivity contribution in [1.82, 2.24) is 0 Å². The Morgan fingerprint density at radius 3 is 2.62 bits per heavy atom. The fourth-order valence-corrected chi connectivity index (χ4v) is 1.22. The lowest BCUT2D eigenvalue weighted by Crippen LogP contribution is -2.04. The lowest BCUT2D eigenvalue weighted by molar-refractivity contribution is 0.297. The fraction of sp³-hybridized carbons (Fsp3) is 0.333. The Hall–Kier alpha value is -1.42. The zero-order valence-corrected chi connectivity index (χ0v) is 7.58. The van der Waals surface area contributed by atoms with Gasteiger partial charge in [0.2, 0.25) is 0 Å². The molecule has 13 heavy (non-hydrogen) atoms. The van der Waals surface area contributed by atoms with E-state index in [4.69, 9.17) is 21.3 Å². The first-order chi connectivity index (χ1) is 6.20. The average Bonchev–Trinajstić information content (AvgIpc) is 2.14. The number of methoxy groups -OCH3 is 1. The van der Waals surface area contributed by atoms with Crippen LogP contribution >= 0.6 is 0 Å². The molecule has 4 nitrogen and oxygen atoms in total. The third-order valence-electron chi connectivity index (χ3n) is 1.93. The summed E-state index contributed by atoms with van der Waals surface area (Å²) in [6, 6.07) is 3.44. The van der Waals surface area contributed by atoms with Crippen LogP contribution in [-0.2, 0) is 6.42 Å². The Morgan fingerprint density at radius 2 is 2.08 bits per heavy atom. The second kappa shape index (κ2) is 4.00. The van der Waals surface area contributed by atoms with Crippen LogP contribution in [0.1, 0.15) is 5.56 Å². The first-order valence-electron chi connectivity index (χ1n) is 4.02. The van der Waals surface area contributed by atoms with Gasteiger partial charge in [-0.3, -0.25) is 0 Å². The minimum absolute atomic E-state index is 0.0318. The molecule has 0 unspecified atom stereocenters. The van der Waals surface area contributed by atoms with Gasteiger partial charge in [-0.15, -0.1) is 0 Å². The summed E-state index contributed by atoms with van der Waals surface area (Å²) >= 11 is 0. The molecule has 1 aromatic rings. The predicted octanol–water partition coefficient (Wildman–Crippen LogP) is 0.394. The quantitative estimate of drug-likeness (QED) is 0.591. The first-order valence-corrected chi connectivity index (χ1v) is 4.02. The summed E-state index contributed by atoms with van der Waals surface area (Å²) in [6.07, 6.45) is 0.458. The van der Waals surface area contributed by atoms with Crippen LogP contribution in [0.5, 0.6) is 5.75 Å². The number of hydrogen-bond acceptors (Lipinski definition) is 4. The maximum absolute atomic E-state index is 8.80. The Balaban J connectivity index is 3.15. The highest BCUT2D eigenvalue weighted by Crippen LogP contribution is 2.29. The highest BCUT2D eigenvalue weighted by molar-refractivity contribution is 5.70. The lowest BCUT2D eigenvalue weighted by Gasteiger charge is -2.11. The second-order valence-corrected chi connectivity index (χ2v) is 2.72. The van der Waals surface area contributed by atoms with Gasteiger partial charge in [0.05, 0.1) is 18.5 Å². The number of hydrogen-bond donors (Lipinski definition) is 3. The molecule has 0 amide bonds. The van der Waals surface area contributed by atoms with E-state index >= 15 is 0 Å². The molecular weight excluding hydrogens is 168 g/mol. The lowest BCUT2D eigenvalue weighted by atomic mass is 10.1. The van der Waals surface area contributed by atoms with Crippen molar-refractivity contribution in [1.29, 1.82) is 0 Å². The van der Waals surface area contributed by atoms with Gasteiger partial charge in [-0.2, -0.15) is 0 Å². The molecule has 0 saturated carbocycles. The van der Waals surface area contributed by atoms with E-state index < -0.39 is 0 Å². The van der Waals surface area contributed by atoms with Gasteiger partial charge in [-0.25, -0.2) is 0 Å². The molecule has 0 radical (unpaired) electrons. The Labute approximate surface area is 77.1 Å². The highest BCUT2D eigenvalue weighted by atomic mass is 16.5. The minimum atomic E-state index is 0.0318. The van der Waals surface area contributed by atoms with E-state index in [-0.39, 0.29) is 6.61 Å². The topological polar surface area (TPSA) is 81.5 Å². The van der Waals surface area contributed by atoms with Crippen LogP contribution in [0.2, 0.25) is 0 Å². The Bertz CT molecular complexity index is 300. The minimum Gasteiger partial charge on any atom is -0.496 e. The number of aliphatic hydroxyl groups excluding tert-OH is 1. The molecule has 4 heteroatoms. The molecule has 0 aliphatic heterocycles. The summed E-state index contributed by atoms with van der Waals surface area (Å²) in [7, 11) is 1.56. The third kappa shape index (κ3) is 1.84. The van der Waals surface area contributed by atoms with Crippen molar-refractivity contribution in [2.45, 2.75) is 6.42 Å². The fourth-order valence-electron chi connectivity index (χ4n) is 1.22. The van der Waals surface area contributed by atoms with Crippen LogP contribution in [0.25, 0.3) is 0 Å². The zero-order valence-electron chi connectivity index (χ0n) is 7.58. The van der Waals surface area contributed by atoms with Crippen LogP contribution in [0, 0.1) is 0 Å². The molecular formula is C9H14N2O2. The van der Waals surface area contributed by atoms with Gasteiger partial charge in [0.25, 0.3) is 0 Å². The summed E-state index contributed by atoms with van der Waals surface area (Å²) in [4.78, 5) is 0. The predicted molar refractivity (Wildman–Crippen MR) is 52.6 cm³/mol. The summed E-state index contributed by atoms with van der Waals surface area (Å²) in [5.74, 6) is 0.667. The summed E-state index contributed by atoms with van der Waals surface area (Å²) in [5.41, 5.74) is 13.1. The molecule has 72 valence electrons. The molecule has 0 fully saturated rings. The smallest absolute Gasteiger partial charge is 0.124 e. The first kappa shape index (κ1) is 9.67. The van der Waals surface area contributed by atoms with Gasteiger partial charge >= 0.3 is 0 Å². The van der Waals surface area contributed by atoms with Crippen molar-refractivity contribution < 1.29 is 9.84 Å². The van der Waals surface area contributed by atoms with Crippen molar-refractivity contribution in [3.8, 4) is 5.75 Å². The maximum Gasteiger partial charge on any atom is 0.124 e. The van der Waals surface area contributed by atoms with E-state index in [2.05, 4.69) is 0 Å². The average molecular weight is 182 g/mol. The number of nitrogen functional groups attached to an aromatic ring is 2. The number of ether oxygens (including phenoxy) is 1. The number of nitrogens with two attached hydrogens (primary N) is 2. The van der Waals surface area contributed by atoms with E-state index in [9.17, 15) is 0 Å². The zero-order chi connectivity index (χ0) is 9.84. The number of aliphatic hydroxyl groups is 1. The molecule has 5 N–H and O–H groups in total. The van der Waals surface area contributed by atoms with E-state index in [0.717, 1.165) is 5.56 Å². The molecule has 0 aliphatic rings. The van der Waals surface area contributed by atoms with Gasteiger partial charge in [0.1, 0.15) is 5.75 Å². The normalized spacial score (nSPS) is 10.0. The second-order valence-electron chi connectivity index (χ2n) is 2.72. The third-order valence-corrected chi connectivity index (χ3v) is 1.93.